The summed E-state index contributed by atoms with van der Waals surface area (Å²) < 4.78 is 5.92. The van der Waals surface area contributed by atoms with Crippen LogP contribution in [0.4, 0.5) is 0 Å². The summed E-state index contributed by atoms with van der Waals surface area (Å²) in [5, 5.41) is 0. The molecule has 0 aromatic carbocycles. The van der Waals surface area contributed by atoms with E-state index in [0.29, 0.717) is 6.10 Å². The Morgan fingerprint density at radius 3 is 2.14 bits per heavy atom. The lowest BCUT2D eigenvalue weighted by atomic mass is 9.70. The second kappa shape index (κ2) is 9.46. The van der Waals surface area contributed by atoms with Gasteiger partial charge in [0.05, 0.1) is 12.7 Å². The molecule has 2 saturated carbocycles. The molecule has 0 aromatic rings. The van der Waals surface area contributed by atoms with Crippen molar-refractivity contribution in [1.29, 1.82) is 0 Å². The van der Waals surface area contributed by atoms with E-state index in [0.717, 1.165) is 24.4 Å². The molecule has 0 aliphatic heterocycles. The first-order valence-corrected chi connectivity index (χ1v) is 9.17. The van der Waals surface area contributed by atoms with Gasteiger partial charge < -0.3 is 4.74 Å². The second-order valence-corrected chi connectivity index (χ2v) is 7.09. The van der Waals surface area contributed by atoms with Gasteiger partial charge in [0, 0.05) is 0 Å². The van der Waals surface area contributed by atoms with Crippen LogP contribution in [0.5, 0.6) is 0 Å². The van der Waals surface area contributed by atoms with Crippen LogP contribution in [-0.4, -0.2) is 12.7 Å². The van der Waals surface area contributed by atoms with Crippen molar-refractivity contribution < 1.29 is 4.74 Å². The predicted molar refractivity (Wildman–Crippen MR) is 91.4 cm³/mol. The van der Waals surface area contributed by atoms with Crippen molar-refractivity contribution in [2.24, 2.45) is 17.8 Å². The van der Waals surface area contributed by atoms with E-state index < -0.39 is 0 Å². The van der Waals surface area contributed by atoms with E-state index >= 15 is 0 Å². The van der Waals surface area contributed by atoms with Crippen LogP contribution in [0, 0.1) is 17.8 Å². The first-order chi connectivity index (χ1) is 10.3. The summed E-state index contributed by atoms with van der Waals surface area (Å²) in [4.78, 5) is 0. The maximum atomic E-state index is 5.92. The number of hydrogen-bond acceptors (Lipinski definition) is 1. The summed E-state index contributed by atoms with van der Waals surface area (Å²) in [7, 11) is 0. The van der Waals surface area contributed by atoms with Gasteiger partial charge in [-0.1, -0.05) is 31.1 Å². The van der Waals surface area contributed by atoms with Gasteiger partial charge in [0.25, 0.3) is 0 Å². The summed E-state index contributed by atoms with van der Waals surface area (Å²) in [6.45, 7) is 6.72. The number of rotatable bonds is 7. The smallest absolute Gasteiger partial charge is 0.0651 e. The molecule has 21 heavy (non-hydrogen) atoms. The zero-order valence-corrected chi connectivity index (χ0v) is 13.9. The van der Waals surface area contributed by atoms with Crippen molar-refractivity contribution in [3.63, 3.8) is 0 Å². The van der Waals surface area contributed by atoms with Crippen LogP contribution in [-0.2, 0) is 4.74 Å². The third kappa shape index (κ3) is 5.62. The van der Waals surface area contributed by atoms with Crippen LogP contribution < -0.4 is 0 Å². The van der Waals surface area contributed by atoms with E-state index in [4.69, 9.17) is 4.74 Å². The van der Waals surface area contributed by atoms with Crippen LogP contribution in [0.15, 0.2) is 24.8 Å². The van der Waals surface area contributed by atoms with Gasteiger partial charge in [-0.25, -0.2) is 0 Å². The maximum absolute atomic E-state index is 5.92. The Kier molecular flexibility index (Phi) is 7.57. The molecule has 2 aliphatic carbocycles. The Hall–Kier alpha value is -0.560. The Labute approximate surface area is 131 Å². The van der Waals surface area contributed by atoms with Crippen molar-refractivity contribution in [1.82, 2.24) is 0 Å². The highest BCUT2D eigenvalue weighted by atomic mass is 16.5. The van der Waals surface area contributed by atoms with E-state index in [2.05, 4.69) is 31.7 Å². The molecule has 0 N–H and O–H groups in total. The van der Waals surface area contributed by atoms with Crippen molar-refractivity contribution in [2.45, 2.75) is 77.2 Å². The quantitative estimate of drug-likeness (QED) is 0.529. The number of ether oxygens (including phenoxy) is 1. The Balaban J connectivity index is 1.63. The molecule has 0 radical (unpaired) electrons. The van der Waals surface area contributed by atoms with Gasteiger partial charge in [0.15, 0.2) is 0 Å². The fraction of sp³-hybridized carbons (Fsp3) is 0.800. The highest BCUT2D eigenvalue weighted by molar-refractivity contribution is 4.84. The minimum Gasteiger partial charge on any atom is -0.374 e. The molecule has 2 rings (SSSR count). The lowest BCUT2D eigenvalue weighted by molar-refractivity contribution is 0.0210. The molecule has 0 spiro atoms. The fourth-order valence-corrected chi connectivity index (χ4v) is 4.32. The van der Waals surface area contributed by atoms with Crippen LogP contribution >= 0.6 is 0 Å². The zero-order valence-electron chi connectivity index (χ0n) is 13.9. The van der Waals surface area contributed by atoms with Crippen molar-refractivity contribution in [2.75, 3.05) is 6.61 Å². The van der Waals surface area contributed by atoms with Gasteiger partial charge in [-0.05, 0) is 76.0 Å². The van der Waals surface area contributed by atoms with Gasteiger partial charge in [0.1, 0.15) is 0 Å². The molecule has 2 aliphatic rings. The molecule has 120 valence electrons. The van der Waals surface area contributed by atoms with Gasteiger partial charge >= 0.3 is 0 Å². The summed E-state index contributed by atoms with van der Waals surface area (Å²) in [6, 6.07) is 0. The Morgan fingerprint density at radius 2 is 1.57 bits per heavy atom. The van der Waals surface area contributed by atoms with E-state index in [1.165, 1.54) is 64.2 Å². The lowest BCUT2D eigenvalue weighted by Gasteiger charge is -2.37. The van der Waals surface area contributed by atoms with Gasteiger partial charge in [-0.2, -0.15) is 0 Å². The second-order valence-electron chi connectivity index (χ2n) is 7.09. The van der Waals surface area contributed by atoms with Crippen LogP contribution in [0.3, 0.4) is 0 Å². The molecule has 0 unspecified atom stereocenters. The van der Waals surface area contributed by atoms with E-state index in [-0.39, 0.29) is 0 Å². The van der Waals surface area contributed by atoms with Gasteiger partial charge in [-0.3, -0.25) is 0 Å². The molecule has 2 fully saturated rings. The molecular weight excluding hydrogens is 256 g/mol. The number of allylic oxidation sites excluding steroid dienone is 2. The van der Waals surface area contributed by atoms with Gasteiger partial charge in [0.2, 0.25) is 0 Å². The van der Waals surface area contributed by atoms with Crippen molar-refractivity contribution in [3.8, 4) is 0 Å². The largest absolute Gasteiger partial charge is 0.374 e. The van der Waals surface area contributed by atoms with Crippen LogP contribution in [0.2, 0.25) is 0 Å². The summed E-state index contributed by atoms with van der Waals surface area (Å²) in [5.74, 6) is 2.99. The van der Waals surface area contributed by atoms with Crippen LogP contribution in [0.1, 0.15) is 71.1 Å². The van der Waals surface area contributed by atoms with Gasteiger partial charge in [-0.15, -0.1) is 6.58 Å². The average Bonchev–Trinajstić information content (AvgIpc) is 2.54. The third-order valence-corrected chi connectivity index (χ3v) is 5.72. The lowest BCUT2D eigenvalue weighted by Crippen LogP contribution is -2.28. The first-order valence-electron chi connectivity index (χ1n) is 9.17. The maximum Gasteiger partial charge on any atom is 0.0651 e. The first kappa shape index (κ1) is 16.8. The standard InChI is InChI=1S/C20H34O/c1-3-5-7-17-8-10-18(11-9-17)19-12-14-20(15-13-19)21-16-6-4-2/h3-4,6,17-20H,1,5,7-16H2,2H3/b6-4+/t17-,18-,19-,20-. The topological polar surface area (TPSA) is 9.23 Å². The minimum absolute atomic E-state index is 0.529. The molecule has 0 saturated heterocycles. The summed E-state index contributed by atoms with van der Waals surface area (Å²) >= 11 is 0. The van der Waals surface area contributed by atoms with E-state index in [1.807, 2.05) is 0 Å². The van der Waals surface area contributed by atoms with E-state index in [9.17, 15) is 0 Å². The summed E-state index contributed by atoms with van der Waals surface area (Å²) in [6.07, 6.45) is 20.7. The highest BCUT2D eigenvalue weighted by Crippen LogP contribution is 2.41. The molecule has 0 heterocycles. The van der Waals surface area contributed by atoms with Crippen LogP contribution in [0.25, 0.3) is 0 Å². The normalized spacial score (nSPS) is 34.1. The number of hydrogen-bond donors (Lipinski definition) is 0. The fourth-order valence-electron chi connectivity index (χ4n) is 4.32. The van der Waals surface area contributed by atoms with E-state index in [1.54, 1.807) is 0 Å². The molecule has 0 bridgehead atoms. The molecule has 0 amide bonds. The SMILES string of the molecule is C=CCC[C@H]1CC[C@H]([C@H]2CC[C@H](OC/C=C/C)CC2)CC1. The van der Waals surface area contributed by atoms with Crippen molar-refractivity contribution >= 4 is 0 Å². The molecule has 0 atom stereocenters. The Bertz CT molecular complexity index is 304. The predicted octanol–water partition coefficient (Wildman–Crippen LogP) is 5.91. The molecular formula is C20H34O. The highest BCUT2D eigenvalue weighted by Gasteiger charge is 2.30. The molecule has 1 nitrogen and oxygen atoms in total. The average molecular weight is 290 g/mol. The Morgan fingerprint density at radius 1 is 0.952 bits per heavy atom. The third-order valence-electron chi connectivity index (χ3n) is 5.72. The summed E-state index contributed by atoms with van der Waals surface area (Å²) in [5.41, 5.74) is 0. The minimum atomic E-state index is 0.529. The monoisotopic (exact) mass is 290 g/mol. The molecule has 1 heteroatoms. The van der Waals surface area contributed by atoms with Crippen molar-refractivity contribution in [3.05, 3.63) is 24.8 Å². The molecule has 0 aromatic heterocycles. The zero-order chi connectivity index (χ0) is 14.9.